The molecular formula is C16H18N2O3S. The van der Waals surface area contributed by atoms with E-state index in [0.717, 1.165) is 36.8 Å². The Kier molecular flexibility index (Phi) is 3.86. The summed E-state index contributed by atoms with van der Waals surface area (Å²) < 4.78 is 16.3. The highest BCUT2D eigenvalue weighted by Crippen LogP contribution is 2.35. The molecule has 22 heavy (non-hydrogen) atoms. The Balaban J connectivity index is 1.20. The van der Waals surface area contributed by atoms with Crippen molar-refractivity contribution in [3.05, 3.63) is 33.8 Å². The molecular weight excluding hydrogens is 300 g/mol. The van der Waals surface area contributed by atoms with Crippen LogP contribution in [0.5, 0.6) is 17.2 Å². The fraction of sp³-hybridized carbons (Fsp3) is 0.438. The third-order valence-electron chi connectivity index (χ3n) is 3.81. The molecule has 1 aliphatic heterocycles. The maximum Gasteiger partial charge on any atom is 0.231 e. The molecule has 116 valence electrons. The molecule has 1 aromatic heterocycles. The van der Waals surface area contributed by atoms with Gasteiger partial charge < -0.3 is 19.5 Å². The van der Waals surface area contributed by atoms with Crippen LogP contribution in [0.4, 0.5) is 0 Å². The van der Waals surface area contributed by atoms with Gasteiger partial charge in [0.2, 0.25) is 6.79 Å². The van der Waals surface area contributed by atoms with E-state index in [-0.39, 0.29) is 6.79 Å². The van der Waals surface area contributed by atoms with Gasteiger partial charge in [0.05, 0.1) is 5.69 Å². The van der Waals surface area contributed by atoms with Crippen LogP contribution in [0.2, 0.25) is 0 Å². The number of benzene rings is 1. The first kappa shape index (κ1) is 13.8. The van der Waals surface area contributed by atoms with E-state index in [2.05, 4.69) is 10.3 Å². The summed E-state index contributed by atoms with van der Waals surface area (Å²) in [6.07, 6.45) is 3.63. The van der Waals surface area contributed by atoms with Gasteiger partial charge in [0.25, 0.3) is 0 Å². The molecule has 0 amide bonds. The molecule has 0 spiro atoms. The van der Waals surface area contributed by atoms with E-state index < -0.39 is 0 Å². The van der Waals surface area contributed by atoms with E-state index in [9.17, 15) is 0 Å². The maximum atomic E-state index is 5.72. The van der Waals surface area contributed by atoms with Crippen LogP contribution in [-0.4, -0.2) is 24.9 Å². The van der Waals surface area contributed by atoms with Gasteiger partial charge in [-0.25, -0.2) is 4.98 Å². The summed E-state index contributed by atoms with van der Waals surface area (Å²) in [5, 5.41) is 4.57. The van der Waals surface area contributed by atoms with Crippen LogP contribution in [0, 0.1) is 0 Å². The minimum Gasteiger partial charge on any atom is -0.492 e. The van der Waals surface area contributed by atoms with Gasteiger partial charge in [-0.1, -0.05) is 0 Å². The first-order valence-corrected chi connectivity index (χ1v) is 8.41. The molecule has 0 atom stereocenters. The molecule has 0 unspecified atom stereocenters. The Bertz CT molecular complexity index is 650. The smallest absolute Gasteiger partial charge is 0.231 e. The summed E-state index contributed by atoms with van der Waals surface area (Å²) in [5.74, 6) is 2.34. The van der Waals surface area contributed by atoms with Crippen molar-refractivity contribution in [1.82, 2.24) is 10.3 Å². The van der Waals surface area contributed by atoms with E-state index in [1.54, 1.807) is 0 Å². The number of rotatable bonds is 6. The van der Waals surface area contributed by atoms with Crippen molar-refractivity contribution in [2.45, 2.75) is 25.8 Å². The summed E-state index contributed by atoms with van der Waals surface area (Å²) in [4.78, 5) is 6.15. The van der Waals surface area contributed by atoms with E-state index in [4.69, 9.17) is 14.2 Å². The summed E-state index contributed by atoms with van der Waals surface area (Å²) >= 11 is 1.85. The third kappa shape index (κ3) is 2.89. The molecule has 0 saturated carbocycles. The lowest BCUT2D eigenvalue weighted by atomic mass is 10.3. The average molecular weight is 318 g/mol. The zero-order valence-electron chi connectivity index (χ0n) is 12.3. The molecule has 5 nitrogen and oxygen atoms in total. The van der Waals surface area contributed by atoms with Gasteiger partial charge in [-0.15, -0.1) is 11.3 Å². The molecule has 4 rings (SSSR count). The van der Waals surface area contributed by atoms with Crippen molar-refractivity contribution in [2.75, 3.05) is 19.9 Å². The lowest BCUT2D eigenvalue weighted by Gasteiger charge is -2.07. The Labute approximate surface area is 133 Å². The lowest BCUT2D eigenvalue weighted by Crippen LogP contribution is -2.20. The number of thiazole rings is 1. The van der Waals surface area contributed by atoms with Gasteiger partial charge in [0.1, 0.15) is 17.4 Å². The van der Waals surface area contributed by atoms with E-state index in [1.807, 2.05) is 29.5 Å². The van der Waals surface area contributed by atoms with Gasteiger partial charge in [0, 0.05) is 24.0 Å². The molecule has 2 aliphatic rings. The van der Waals surface area contributed by atoms with Crippen LogP contribution in [0.15, 0.2) is 18.2 Å². The average Bonchev–Trinajstić information content (AvgIpc) is 3.21. The van der Waals surface area contributed by atoms with Gasteiger partial charge in [-0.2, -0.15) is 0 Å². The SMILES string of the molecule is c1cc2c(cc1OCCNCc1nc3c(s1)CCC3)OCO2. The molecule has 0 saturated heterocycles. The molecule has 0 radical (unpaired) electrons. The highest BCUT2D eigenvalue weighted by Gasteiger charge is 2.16. The minimum atomic E-state index is 0.290. The molecule has 1 aromatic carbocycles. The van der Waals surface area contributed by atoms with E-state index >= 15 is 0 Å². The summed E-state index contributed by atoms with van der Waals surface area (Å²) in [6, 6.07) is 5.65. The molecule has 6 heteroatoms. The first-order chi connectivity index (χ1) is 10.9. The first-order valence-electron chi connectivity index (χ1n) is 7.59. The zero-order valence-corrected chi connectivity index (χ0v) is 13.1. The van der Waals surface area contributed by atoms with Crippen molar-refractivity contribution in [3.8, 4) is 17.2 Å². The number of aryl methyl sites for hydroxylation is 2. The number of aromatic nitrogens is 1. The van der Waals surface area contributed by atoms with Crippen molar-refractivity contribution >= 4 is 11.3 Å². The number of nitrogens with zero attached hydrogens (tertiary/aromatic N) is 1. The van der Waals surface area contributed by atoms with Crippen molar-refractivity contribution in [1.29, 1.82) is 0 Å². The van der Waals surface area contributed by atoms with Crippen LogP contribution in [0.3, 0.4) is 0 Å². The Morgan fingerprint density at radius 1 is 1.23 bits per heavy atom. The summed E-state index contributed by atoms with van der Waals surface area (Å²) in [6.45, 7) is 2.52. The van der Waals surface area contributed by atoms with Crippen molar-refractivity contribution in [3.63, 3.8) is 0 Å². The monoisotopic (exact) mass is 318 g/mol. The van der Waals surface area contributed by atoms with Crippen LogP contribution in [-0.2, 0) is 19.4 Å². The van der Waals surface area contributed by atoms with Crippen LogP contribution in [0.25, 0.3) is 0 Å². The predicted octanol–water partition coefficient (Wildman–Crippen LogP) is 2.53. The second-order valence-corrected chi connectivity index (χ2v) is 6.54. The summed E-state index contributed by atoms with van der Waals surface area (Å²) in [7, 11) is 0. The zero-order chi connectivity index (χ0) is 14.8. The highest BCUT2D eigenvalue weighted by atomic mass is 32.1. The van der Waals surface area contributed by atoms with Crippen LogP contribution in [0.1, 0.15) is 22.0 Å². The fourth-order valence-corrected chi connectivity index (χ4v) is 3.85. The fourth-order valence-electron chi connectivity index (χ4n) is 2.72. The van der Waals surface area contributed by atoms with Gasteiger partial charge in [0.15, 0.2) is 11.5 Å². The standard InChI is InChI=1S/C16H18N2O3S/c1-2-12-15(3-1)22-16(18-12)9-17-6-7-19-11-4-5-13-14(8-11)21-10-20-13/h4-5,8,17H,1-3,6-7,9-10H2. The molecule has 0 fully saturated rings. The van der Waals surface area contributed by atoms with Crippen LogP contribution >= 0.6 is 11.3 Å². The Morgan fingerprint density at radius 2 is 2.18 bits per heavy atom. The van der Waals surface area contributed by atoms with Gasteiger partial charge in [-0.05, 0) is 31.4 Å². The summed E-state index contributed by atoms with van der Waals surface area (Å²) in [5.41, 5.74) is 1.32. The second-order valence-electron chi connectivity index (χ2n) is 5.37. The normalized spacial score (nSPS) is 15.1. The Hall–Kier alpha value is -1.79. The number of ether oxygens (including phenoxy) is 3. The van der Waals surface area contributed by atoms with E-state index in [1.165, 1.54) is 28.4 Å². The highest BCUT2D eigenvalue weighted by molar-refractivity contribution is 7.11. The maximum absolute atomic E-state index is 5.72. The van der Waals surface area contributed by atoms with Crippen LogP contribution < -0.4 is 19.5 Å². The van der Waals surface area contributed by atoms with Gasteiger partial charge in [-0.3, -0.25) is 0 Å². The number of hydrogen-bond donors (Lipinski definition) is 1. The second kappa shape index (κ2) is 6.14. The quantitative estimate of drug-likeness (QED) is 0.830. The molecule has 2 aromatic rings. The number of hydrogen-bond acceptors (Lipinski definition) is 6. The molecule has 0 bridgehead atoms. The number of fused-ring (bicyclic) bond motifs is 2. The minimum absolute atomic E-state index is 0.290. The third-order valence-corrected chi connectivity index (χ3v) is 4.97. The topological polar surface area (TPSA) is 52.6 Å². The Morgan fingerprint density at radius 3 is 3.14 bits per heavy atom. The van der Waals surface area contributed by atoms with E-state index in [0.29, 0.717) is 6.61 Å². The van der Waals surface area contributed by atoms with Crippen molar-refractivity contribution < 1.29 is 14.2 Å². The van der Waals surface area contributed by atoms with Gasteiger partial charge >= 0.3 is 0 Å². The largest absolute Gasteiger partial charge is 0.492 e. The lowest BCUT2D eigenvalue weighted by molar-refractivity contribution is 0.173. The van der Waals surface area contributed by atoms with Crippen molar-refractivity contribution in [2.24, 2.45) is 0 Å². The number of nitrogens with one attached hydrogen (secondary N) is 1. The molecule has 1 N–H and O–H groups in total. The molecule has 1 aliphatic carbocycles. The predicted molar refractivity (Wildman–Crippen MR) is 83.9 cm³/mol. The molecule has 2 heterocycles.